The lowest BCUT2D eigenvalue weighted by Crippen LogP contribution is -2.54. The number of hydrogen-bond acceptors (Lipinski definition) is 4. The monoisotopic (exact) mass is 539 g/mol. The van der Waals surface area contributed by atoms with E-state index in [1.54, 1.807) is 6.08 Å². The third kappa shape index (κ3) is 4.20. The van der Waals surface area contributed by atoms with E-state index in [-0.39, 0.29) is 16.2 Å². The molecule has 1 saturated heterocycles. The van der Waals surface area contributed by atoms with Crippen LogP contribution in [0.15, 0.2) is 40.4 Å². The molecule has 0 saturated carbocycles. The summed E-state index contributed by atoms with van der Waals surface area (Å²) in [6, 6.07) is 9.93. The van der Waals surface area contributed by atoms with Crippen LogP contribution in [0.1, 0.15) is 62.3 Å². The third-order valence-electron chi connectivity index (χ3n) is 6.89. The summed E-state index contributed by atoms with van der Waals surface area (Å²) in [7, 11) is 0. The molecule has 7 heteroatoms. The molecule has 1 fully saturated rings. The molecule has 5 nitrogen and oxygen atoms in total. The fourth-order valence-electron chi connectivity index (χ4n) is 5.31. The number of fused-ring (bicyclic) bond motifs is 1. The van der Waals surface area contributed by atoms with E-state index in [0.29, 0.717) is 11.6 Å². The van der Waals surface area contributed by atoms with Gasteiger partial charge in [0.2, 0.25) is 0 Å². The van der Waals surface area contributed by atoms with Crippen molar-refractivity contribution in [2.24, 2.45) is 0 Å². The van der Waals surface area contributed by atoms with Crippen LogP contribution in [0.25, 0.3) is 6.08 Å². The number of carbonyl (C=O) groups is 2. The van der Waals surface area contributed by atoms with Gasteiger partial charge in [-0.3, -0.25) is 19.8 Å². The van der Waals surface area contributed by atoms with Crippen LogP contribution in [0.3, 0.4) is 0 Å². The third-order valence-corrected chi connectivity index (χ3v) is 7.67. The lowest BCUT2D eigenvalue weighted by molar-refractivity contribution is -0.122. The van der Waals surface area contributed by atoms with Crippen LogP contribution < -0.4 is 15.1 Å². The highest BCUT2D eigenvalue weighted by atomic mass is 79.9. The first-order valence-corrected chi connectivity index (χ1v) is 12.7. The number of amides is 2. The number of rotatable bonds is 3. The Morgan fingerprint density at radius 1 is 1.15 bits per heavy atom. The summed E-state index contributed by atoms with van der Waals surface area (Å²) < 4.78 is 0.909. The smallest absolute Gasteiger partial charge is 0.270 e. The summed E-state index contributed by atoms with van der Waals surface area (Å²) in [4.78, 5) is 30.2. The first-order valence-electron chi connectivity index (χ1n) is 11.5. The van der Waals surface area contributed by atoms with Gasteiger partial charge >= 0.3 is 0 Å². The normalized spacial score (nSPS) is 21.1. The number of nitrogens with one attached hydrogen (secondary N) is 1. The van der Waals surface area contributed by atoms with Gasteiger partial charge < -0.3 is 4.90 Å². The Balaban J connectivity index is 1.79. The molecule has 0 aliphatic carbocycles. The van der Waals surface area contributed by atoms with Crippen LogP contribution in [0.4, 0.5) is 11.4 Å². The van der Waals surface area contributed by atoms with Gasteiger partial charge in [-0.15, -0.1) is 0 Å². The van der Waals surface area contributed by atoms with Gasteiger partial charge in [0.1, 0.15) is 5.57 Å². The van der Waals surface area contributed by atoms with Gasteiger partial charge in [0, 0.05) is 22.2 Å². The van der Waals surface area contributed by atoms with E-state index in [1.807, 2.05) is 32.0 Å². The quantitative estimate of drug-likeness (QED) is 0.295. The summed E-state index contributed by atoms with van der Waals surface area (Å²) in [5.74, 6) is -0.515. The predicted molar refractivity (Wildman–Crippen MR) is 146 cm³/mol. The molecule has 2 aromatic rings. The highest BCUT2D eigenvalue weighted by molar-refractivity contribution is 9.10. The number of carbonyl (C=O) groups excluding carboxylic acids is 2. The zero-order chi connectivity index (χ0) is 24.9. The molecule has 178 valence electrons. The number of hydrogen-bond donors (Lipinski definition) is 1. The predicted octanol–water partition coefficient (Wildman–Crippen LogP) is 6.01. The van der Waals surface area contributed by atoms with E-state index >= 15 is 0 Å². The summed E-state index contributed by atoms with van der Waals surface area (Å²) in [6.07, 6.45) is 2.75. The number of halogens is 1. The Bertz CT molecular complexity index is 1250. The molecular formula is C27H30BrN3O2S. The number of thiocarbonyl (C=S) groups is 1. The topological polar surface area (TPSA) is 52.7 Å². The Morgan fingerprint density at radius 2 is 1.85 bits per heavy atom. The van der Waals surface area contributed by atoms with Crippen molar-refractivity contribution in [3.05, 3.63) is 62.6 Å². The zero-order valence-corrected chi connectivity index (χ0v) is 22.9. The van der Waals surface area contributed by atoms with Crippen LogP contribution >= 0.6 is 28.1 Å². The molecule has 1 N–H and O–H groups in total. The maximum Gasteiger partial charge on any atom is 0.270 e. The molecule has 1 unspecified atom stereocenters. The standard InChI is InChI=1S/C27H30BrN3O2S/c1-7-30-23-11-15(2)18(12-20(23)17(4)14-27(30,5)6)13-21-24(32)29-26(34)31(25(21)33)22-9-8-19(28)10-16(22)3/h8-13,17H,7,14H2,1-6H3,(H,29,32,34)/b21-13-. The van der Waals surface area contributed by atoms with Crippen LogP contribution in [0.2, 0.25) is 0 Å². The second kappa shape index (κ2) is 8.93. The van der Waals surface area contributed by atoms with Gasteiger partial charge in [0.15, 0.2) is 5.11 Å². The molecule has 2 heterocycles. The van der Waals surface area contributed by atoms with Gasteiger partial charge in [0.25, 0.3) is 11.8 Å². The molecule has 2 aliphatic heterocycles. The second-order valence-electron chi connectivity index (χ2n) is 9.82. The Morgan fingerprint density at radius 3 is 2.50 bits per heavy atom. The lowest BCUT2D eigenvalue weighted by Gasteiger charge is -2.47. The van der Waals surface area contributed by atoms with Crippen molar-refractivity contribution < 1.29 is 9.59 Å². The van der Waals surface area contributed by atoms with E-state index < -0.39 is 11.8 Å². The van der Waals surface area contributed by atoms with Crippen LogP contribution in [-0.2, 0) is 9.59 Å². The van der Waals surface area contributed by atoms with Crippen molar-refractivity contribution in [1.29, 1.82) is 0 Å². The molecule has 34 heavy (non-hydrogen) atoms. The minimum atomic E-state index is -0.470. The highest BCUT2D eigenvalue weighted by Crippen LogP contribution is 2.44. The van der Waals surface area contributed by atoms with Crippen molar-refractivity contribution in [2.45, 2.75) is 59.4 Å². The van der Waals surface area contributed by atoms with Crippen molar-refractivity contribution in [2.75, 3.05) is 16.3 Å². The maximum atomic E-state index is 13.5. The average Bonchev–Trinajstić information content (AvgIpc) is 2.72. The van der Waals surface area contributed by atoms with Crippen LogP contribution in [0.5, 0.6) is 0 Å². The lowest BCUT2D eigenvalue weighted by atomic mass is 9.79. The maximum absolute atomic E-state index is 13.5. The van der Waals surface area contributed by atoms with Gasteiger partial charge in [-0.2, -0.15) is 0 Å². The number of nitrogens with zero attached hydrogens (tertiary/aromatic N) is 2. The SMILES string of the molecule is CCN1c2cc(C)c(/C=C3/C(=O)NC(=S)N(c4ccc(Br)cc4C)C3=O)cc2C(C)CC1(C)C. The van der Waals surface area contributed by atoms with Gasteiger partial charge in [0.05, 0.1) is 5.69 Å². The van der Waals surface area contributed by atoms with Crippen molar-refractivity contribution >= 4 is 62.5 Å². The van der Waals surface area contributed by atoms with Crippen LogP contribution in [-0.4, -0.2) is 29.0 Å². The zero-order valence-electron chi connectivity index (χ0n) is 20.5. The van der Waals surface area contributed by atoms with Crippen LogP contribution in [0, 0.1) is 13.8 Å². The second-order valence-corrected chi connectivity index (χ2v) is 11.1. The molecule has 0 spiro atoms. The molecule has 4 rings (SSSR count). The average molecular weight is 541 g/mol. The molecule has 0 radical (unpaired) electrons. The van der Waals surface area contributed by atoms with Gasteiger partial charge in [-0.05, 0) is 118 Å². The van der Waals surface area contributed by atoms with E-state index in [2.05, 4.69) is 66.0 Å². The Labute approximate surface area is 215 Å². The molecular weight excluding hydrogens is 510 g/mol. The number of aryl methyl sites for hydroxylation is 2. The number of anilines is 2. The van der Waals surface area contributed by atoms with E-state index in [4.69, 9.17) is 12.2 Å². The van der Waals surface area contributed by atoms with Gasteiger partial charge in [-0.1, -0.05) is 22.9 Å². The minimum absolute atomic E-state index is 0.0749. The fourth-order valence-corrected chi connectivity index (χ4v) is 6.06. The molecule has 0 bridgehead atoms. The molecule has 1 atom stereocenters. The van der Waals surface area contributed by atoms with E-state index in [0.717, 1.165) is 34.1 Å². The molecule has 0 aromatic heterocycles. The van der Waals surface area contributed by atoms with E-state index in [1.165, 1.54) is 16.2 Å². The summed E-state index contributed by atoms with van der Waals surface area (Å²) in [5, 5.41) is 2.79. The Hall–Kier alpha value is -2.51. The highest BCUT2D eigenvalue weighted by Gasteiger charge is 2.37. The summed E-state index contributed by atoms with van der Waals surface area (Å²) >= 11 is 8.83. The van der Waals surface area contributed by atoms with E-state index in [9.17, 15) is 9.59 Å². The fraction of sp³-hybridized carbons (Fsp3) is 0.370. The van der Waals surface area contributed by atoms with Crippen molar-refractivity contribution in [3.8, 4) is 0 Å². The first-order chi connectivity index (χ1) is 15.9. The molecule has 2 aromatic carbocycles. The minimum Gasteiger partial charge on any atom is -0.366 e. The molecule has 2 amide bonds. The van der Waals surface area contributed by atoms with Gasteiger partial charge in [-0.25, -0.2) is 0 Å². The first kappa shape index (κ1) is 24.6. The largest absolute Gasteiger partial charge is 0.366 e. The number of benzene rings is 2. The Kier molecular flexibility index (Phi) is 6.46. The summed E-state index contributed by atoms with van der Waals surface area (Å²) in [5.41, 5.74) is 6.07. The molecule has 2 aliphatic rings. The summed E-state index contributed by atoms with van der Waals surface area (Å²) in [6.45, 7) is 13.9. The van der Waals surface area contributed by atoms with Crippen molar-refractivity contribution in [3.63, 3.8) is 0 Å². The van der Waals surface area contributed by atoms with Crippen molar-refractivity contribution in [1.82, 2.24) is 5.32 Å².